The van der Waals surface area contributed by atoms with Gasteiger partial charge in [-0.1, -0.05) is 18.2 Å². The van der Waals surface area contributed by atoms with Crippen LogP contribution in [-0.4, -0.2) is 50.2 Å². The van der Waals surface area contributed by atoms with Crippen LogP contribution in [0.5, 0.6) is 0 Å². The van der Waals surface area contributed by atoms with Gasteiger partial charge < -0.3 is 14.5 Å². The lowest BCUT2D eigenvalue weighted by molar-refractivity contribution is -0.119. The number of likely N-dealkylation sites (tertiary alicyclic amines) is 1. The van der Waals surface area contributed by atoms with Crippen LogP contribution in [-0.2, 0) is 16.0 Å². The van der Waals surface area contributed by atoms with Crippen LogP contribution in [0.4, 0.5) is 5.69 Å². The summed E-state index contributed by atoms with van der Waals surface area (Å²) in [6.45, 7) is 6.34. The van der Waals surface area contributed by atoms with Gasteiger partial charge >= 0.3 is 0 Å². The molecule has 0 spiro atoms. The maximum atomic E-state index is 12.3. The molecule has 2 atom stereocenters. The molecule has 4 nitrogen and oxygen atoms in total. The molecule has 3 saturated heterocycles. The van der Waals surface area contributed by atoms with Gasteiger partial charge in [-0.05, 0) is 68.5 Å². The van der Waals surface area contributed by atoms with Crippen molar-refractivity contribution in [3.05, 3.63) is 29.8 Å². The zero-order valence-electron chi connectivity index (χ0n) is 15.9. The predicted molar refractivity (Wildman–Crippen MR) is 104 cm³/mol. The molecular formula is C22H32N2O2. The average Bonchev–Trinajstić information content (AvgIpc) is 3.17. The van der Waals surface area contributed by atoms with Crippen LogP contribution in [0.3, 0.4) is 0 Å². The summed E-state index contributed by atoms with van der Waals surface area (Å²) in [6.07, 6.45) is 7.80. The molecule has 142 valence electrons. The second-order valence-corrected chi connectivity index (χ2v) is 8.21. The van der Waals surface area contributed by atoms with Gasteiger partial charge in [0.15, 0.2) is 0 Å². The monoisotopic (exact) mass is 356 g/mol. The van der Waals surface area contributed by atoms with E-state index in [-0.39, 0.29) is 0 Å². The smallest absolute Gasteiger partial charge is 0.226 e. The minimum atomic E-state index is 0.294. The molecule has 0 aliphatic carbocycles. The lowest BCUT2D eigenvalue weighted by Gasteiger charge is -2.29. The van der Waals surface area contributed by atoms with Crippen molar-refractivity contribution in [1.29, 1.82) is 0 Å². The van der Waals surface area contributed by atoms with E-state index in [1.165, 1.54) is 37.9 Å². The SMILES string of the molecule is O=C1CCCCN1c1ccccc1CCN1CCC(C2CCCOC2)C1. The van der Waals surface area contributed by atoms with Crippen molar-refractivity contribution in [2.24, 2.45) is 11.8 Å². The fourth-order valence-corrected chi connectivity index (χ4v) is 4.91. The number of benzene rings is 1. The first-order valence-electron chi connectivity index (χ1n) is 10.5. The Kier molecular flexibility index (Phi) is 5.91. The molecule has 0 N–H and O–H groups in total. The maximum absolute atomic E-state index is 12.3. The van der Waals surface area contributed by atoms with Crippen molar-refractivity contribution in [2.75, 3.05) is 44.3 Å². The maximum Gasteiger partial charge on any atom is 0.226 e. The summed E-state index contributed by atoms with van der Waals surface area (Å²) in [5, 5.41) is 0. The number of carbonyl (C=O) groups excluding carboxylic acids is 1. The predicted octanol–water partition coefficient (Wildman–Crippen LogP) is 3.49. The van der Waals surface area contributed by atoms with E-state index in [1.807, 2.05) is 4.90 Å². The number of carbonyl (C=O) groups is 1. The van der Waals surface area contributed by atoms with Crippen LogP contribution in [0.15, 0.2) is 24.3 Å². The van der Waals surface area contributed by atoms with Gasteiger partial charge in [0.05, 0.1) is 0 Å². The van der Waals surface area contributed by atoms with Crippen molar-refractivity contribution in [1.82, 2.24) is 4.90 Å². The minimum Gasteiger partial charge on any atom is -0.381 e. The summed E-state index contributed by atoms with van der Waals surface area (Å²) < 4.78 is 5.70. The van der Waals surface area contributed by atoms with Crippen LogP contribution < -0.4 is 4.90 Å². The molecule has 3 fully saturated rings. The molecule has 0 aromatic heterocycles. The number of nitrogens with zero attached hydrogens (tertiary/aromatic N) is 2. The van der Waals surface area contributed by atoms with Gasteiger partial charge in [-0.15, -0.1) is 0 Å². The molecule has 3 aliphatic heterocycles. The van der Waals surface area contributed by atoms with Crippen molar-refractivity contribution >= 4 is 11.6 Å². The van der Waals surface area contributed by atoms with Crippen LogP contribution in [0, 0.1) is 11.8 Å². The molecule has 4 heteroatoms. The molecule has 2 unspecified atom stereocenters. The molecule has 1 aromatic carbocycles. The first kappa shape index (κ1) is 18.0. The van der Waals surface area contributed by atoms with Gasteiger partial charge in [-0.3, -0.25) is 4.79 Å². The fourth-order valence-electron chi connectivity index (χ4n) is 4.91. The molecule has 0 radical (unpaired) electrons. The summed E-state index contributed by atoms with van der Waals surface area (Å²) in [5.74, 6) is 1.88. The number of hydrogen-bond donors (Lipinski definition) is 0. The summed E-state index contributed by atoms with van der Waals surface area (Å²) in [6, 6.07) is 8.51. The third-order valence-corrected chi connectivity index (χ3v) is 6.47. The van der Waals surface area contributed by atoms with E-state index < -0.39 is 0 Å². The zero-order valence-corrected chi connectivity index (χ0v) is 15.9. The molecule has 4 rings (SSSR count). The molecular weight excluding hydrogens is 324 g/mol. The van der Waals surface area contributed by atoms with Crippen LogP contribution >= 0.6 is 0 Å². The van der Waals surface area contributed by atoms with Gasteiger partial charge in [0.1, 0.15) is 0 Å². The van der Waals surface area contributed by atoms with Gasteiger partial charge in [0.2, 0.25) is 5.91 Å². The van der Waals surface area contributed by atoms with Crippen molar-refractivity contribution in [2.45, 2.75) is 44.9 Å². The Labute approximate surface area is 157 Å². The summed E-state index contributed by atoms with van der Waals surface area (Å²) >= 11 is 0. The quantitative estimate of drug-likeness (QED) is 0.809. The number of hydrogen-bond acceptors (Lipinski definition) is 3. The van der Waals surface area contributed by atoms with E-state index in [0.29, 0.717) is 12.3 Å². The molecule has 1 aromatic rings. The Balaban J connectivity index is 1.34. The van der Waals surface area contributed by atoms with Gasteiger partial charge in [-0.25, -0.2) is 0 Å². The summed E-state index contributed by atoms with van der Waals surface area (Å²) in [5.41, 5.74) is 2.47. The molecule has 0 bridgehead atoms. The Morgan fingerprint density at radius 1 is 1.04 bits per heavy atom. The summed E-state index contributed by atoms with van der Waals surface area (Å²) in [7, 11) is 0. The van der Waals surface area contributed by atoms with E-state index in [0.717, 1.165) is 63.1 Å². The van der Waals surface area contributed by atoms with Crippen LogP contribution in [0.2, 0.25) is 0 Å². The number of para-hydroxylation sites is 1. The van der Waals surface area contributed by atoms with E-state index in [9.17, 15) is 4.79 Å². The van der Waals surface area contributed by atoms with E-state index in [1.54, 1.807) is 0 Å². The largest absolute Gasteiger partial charge is 0.381 e. The highest BCUT2D eigenvalue weighted by atomic mass is 16.5. The lowest BCUT2D eigenvalue weighted by Crippen LogP contribution is -2.36. The molecule has 26 heavy (non-hydrogen) atoms. The number of ether oxygens (including phenoxy) is 1. The standard InChI is InChI=1S/C22H32N2O2/c25-22-9-3-4-12-24(22)21-8-2-1-6-18(21)10-13-23-14-11-19(16-23)20-7-5-15-26-17-20/h1-2,6,8,19-20H,3-5,7,9-17H2. The van der Waals surface area contributed by atoms with Crippen molar-refractivity contribution in [3.63, 3.8) is 0 Å². The third kappa shape index (κ3) is 4.12. The highest BCUT2D eigenvalue weighted by molar-refractivity contribution is 5.94. The zero-order chi connectivity index (χ0) is 17.8. The Hall–Kier alpha value is -1.39. The Morgan fingerprint density at radius 2 is 1.96 bits per heavy atom. The third-order valence-electron chi connectivity index (χ3n) is 6.47. The van der Waals surface area contributed by atoms with Gasteiger partial charge in [-0.2, -0.15) is 0 Å². The topological polar surface area (TPSA) is 32.8 Å². The average molecular weight is 357 g/mol. The first-order valence-corrected chi connectivity index (χ1v) is 10.5. The van der Waals surface area contributed by atoms with E-state index >= 15 is 0 Å². The van der Waals surface area contributed by atoms with Crippen LogP contribution in [0.1, 0.15) is 44.1 Å². The Morgan fingerprint density at radius 3 is 2.81 bits per heavy atom. The number of rotatable bonds is 5. The van der Waals surface area contributed by atoms with Crippen molar-refractivity contribution < 1.29 is 9.53 Å². The fraction of sp³-hybridized carbons (Fsp3) is 0.682. The van der Waals surface area contributed by atoms with E-state index in [4.69, 9.17) is 4.74 Å². The van der Waals surface area contributed by atoms with E-state index in [2.05, 4.69) is 29.2 Å². The van der Waals surface area contributed by atoms with Crippen molar-refractivity contribution in [3.8, 4) is 0 Å². The molecule has 3 aliphatic rings. The highest BCUT2D eigenvalue weighted by Gasteiger charge is 2.30. The second kappa shape index (κ2) is 8.53. The molecule has 3 heterocycles. The Bertz CT molecular complexity index is 612. The highest BCUT2D eigenvalue weighted by Crippen LogP contribution is 2.31. The molecule has 0 saturated carbocycles. The van der Waals surface area contributed by atoms with Crippen LogP contribution in [0.25, 0.3) is 0 Å². The minimum absolute atomic E-state index is 0.294. The van der Waals surface area contributed by atoms with Gasteiger partial charge in [0, 0.05) is 45.0 Å². The number of piperidine rings is 1. The number of anilines is 1. The first-order chi connectivity index (χ1) is 12.8. The molecule has 1 amide bonds. The summed E-state index contributed by atoms with van der Waals surface area (Å²) in [4.78, 5) is 17.0. The van der Waals surface area contributed by atoms with Gasteiger partial charge in [0.25, 0.3) is 0 Å². The number of amides is 1. The normalized spacial score (nSPS) is 27.8. The lowest BCUT2D eigenvalue weighted by atomic mass is 9.87. The second-order valence-electron chi connectivity index (χ2n) is 8.21.